The number of quaternary nitrogens is 1. The number of rotatable bonds is 5. The highest BCUT2D eigenvalue weighted by Gasteiger charge is 2.32. The number of hydrogen-bond acceptors (Lipinski definition) is 3. The predicted octanol–water partition coefficient (Wildman–Crippen LogP) is 1.95. The molecule has 0 bridgehead atoms. The van der Waals surface area contributed by atoms with E-state index in [0.29, 0.717) is 6.04 Å². The van der Waals surface area contributed by atoms with Crippen molar-refractivity contribution in [3.63, 3.8) is 0 Å². The number of likely N-dealkylation sites (tertiary alicyclic amines) is 1. The van der Waals surface area contributed by atoms with Crippen molar-refractivity contribution < 1.29 is 14.4 Å². The lowest BCUT2D eigenvalue weighted by atomic mass is 10.0. The Bertz CT molecular complexity index is 738. The average molecular weight is 334 g/mol. The quantitative estimate of drug-likeness (QED) is 0.849. The van der Waals surface area contributed by atoms with Gasteiger partial charge in [-0.15, -0.1) is 0 Å². The van der Waals surface area contributed by atoms with Crippen LogP contribution >= 0.6 is 12.2 Å². The molecule has 0 saturated carbocycles. The fourth-order valence-electron chi connectivity index (χ4n) is 3.44. The Labute approximate surface area is 142 Å². The van der Waals surface area contributed by atoms with Gasteiger partial charge >= 0.3 is 0 Å². The molecule has 1 fully saturated rings. The van der Waals surface area contributed by atoms with E-state index in [1.165, 1.54) is 16.9 Å². The number of aryl methyl sites for hydroxylation is 1. The third kappa shape index (κ3) is 3.14. The molecule has 1 aromatic carbocycles. The second-order valence-corrected chi connectivity index (χ2v) is 6.40. The van der Waals surface area contributed by atoms with Crippen LogP contribution in [-0.2, 0) is 13.7 Å². The van der Waals surface area contributed by atoms with Crippen molar-refractivity contribution in [3.8, 4) is 11.5 Å². The minimum absolute atomic E-state index is 0.405. The molecule has 1 aliphatic heterocycles. The molecule has 0 aliphatic carbocycles. The molecule has 6 heteroatoms. The van der Waals surface area contributed by atoms with Gasteiger partial charge in [0.05, 0.1) is 26.3 Å². The van der Waals surface area contributed by atoms with Gasteiger partial charge in [0.1, 0.15) is 17.5 Å². The normalized spacial score (nSPS) is 20.7. The number of hydrogen-bond donors (Lipinski definition) is 1. The number of aromatic nitrogens is 2. The minimum atomic E-state index is 0.405. The zero-order chi connectivity index (χ0) is 16.4. The molecular formula is C17H24N3O2S+. The number of methoxy groups -OCH3 is 2. The molecule has 5 nitrogen and oxygen atoms in total. The fraction of sp³-hybridized carbons (Fsp3) is 0.471. The molecule has 1 unspecified atom stereocenters. The highest BCUT2D eigenvalue weighted by Crippen LogP contribution is 2.31. The second kappa shape index (κ2) is 6.76. The first-order valence-electron chi connectivity index (χ1n) is 7.92. The van der Waals surface area contributed by atoms with Crippen molar-refractivity contribution in [1.82, 2.24) is 9.13 Å². The summed E-state index contributed by atoms with van der Waals surface area (Å²) in [6, 6.07) is 6.46. The van der Waals surface area contributed by atoms with Crippen LogP contribution in [0, 0.1) is 4.77 Å². The summed E-state index contributed by atoms with van der Waals surface area (Å²) in [5.74, 6) is 1.82. The maximum absolute atomic E-state index is 5.58. The maximum Gasteiger partial charge on any atom is 0.183 e. The van der Waals surface area contributed by atoms with Gasteiger partial charge in [-0.05, 0) is 30.4 Å². The summed E-state index contributed by atoms with van der Waals surface area (Å²) in [6.45, 7) is 2.02. The molecule has 1 aromatic heterocycles. The summed E-state index contributed by atoms with van der Waals surface area (Å²) in [5.41, 5.74) is 1.22. The van der Waals surface area contributed by atoms with Crippen LogP contribution < -0.4 is 14.4 Å². The van der Waals surface area contributed by atoms with Crippen molar-refractivity contribution in [2.75, 3.05) is 20.8 Å². The van der Waals surface area contributed by atoms with Crippen LogP contribution in [-0.4, -0.2) is 29.9 Å². The predicted molar refractivity (Wildman–Crippen MR) is 91.6 cm³/mol. The number of nitrogens with zero attached hydrogens (tertiary/aromatic N) is 2. The van der Waals surface area contributed by atoms with Crippen LogP contribution in [0.1, 0.15) is 24.4 Å². The molecule has 23 heavy (non-hydrogen) atoms. The van der Waals surface area contributed by atoms with Gasteiger partial charge < -0.3 is 18.9 Å². The van der Waals surface area contributed by atoms with E-state index in [4.69, 9.17) is 21.7 Å². The standard InChI is InChI=1S/C17H23N3O2S/c1-18-9-10-20(17(18)23)12-19-8-4-5-15(19)14-11-13(21-2)6-7-16(14)22-3/h6-7,9-11,15H,4-5,8,12H2,1-3H3/p+1/t15-/m0/s1. The third-order valence-electron chi connectivity index (χ3n) is 4.69. The van der Waals surface area contributed by atoms with Gasteiger partial charge in [0.25, 0.3) is 0 Å². The first kappa shape index (κ1) is 16.1. The number of ether oxygens (including phenoxy) is 2. The molecule has 2 aromatic rings. The average Bonchev–Trinajstić information content (AvgIpc) is 3.16. The lowest BCUT2D eigenvalue weighted by Gasteiger charge is -2.24. The monoisotopic (exact) mass is 334 g/mol. The minimum Gasteiger partial charge on any atom is -0.497 e. The SMILES string of the molecule is COc1ccc(OC)c([C@@H]2CCC[NH+]2Cn2ccn(C)c2=S)c1. The van der Waals surface area contributed by atoms with E-state index in [-0.39, 0.29) is 0 Å². The van der Waals surface area contributed by atoms with E-state index < -0.39 is 0 Å². The Morgan fingerprint density at radius 2 is 2.09 bits per heavy atom. The molecule has 0 radical (unpaired) electrons. The van der Waals surface area contributed by atoms with Crippen molar-refractivity contribution in [1.29, 1.82) is 0 Å². The maximum atomic E-state index is 5.58. The van der Waals surface area contributed by atoms with Crippen LogP contribution in [0.3, 0.4) is 0 Å². The molecule has 0 spiro atoms. The first-order valence-corrected chi connectivity index (χ1v) is 8.33. The van der Waals surface area contributed by atoms with Gasteiger partial charge in [-0.25, -0.2) is 0 Å². The fourth-order valence-corrected chi connectivity index (χ4v) is 3.62. The Morgan fingerprint density at radius 3 is 2.74 bits per heavy atom. The van der Waals surface area contributed by atoms with Crippen molar-refractivity contribution >= 4 is 12.2 Å². The van der Waals surface area contributed by atoms with E-state index in [9.17, 15) is 0 Å². The number of benzene rings is 1. The summed E-state index contributed by atoms with van der Waals surface area (Å²) in [4.78, 5) is 1.51. The Morgan fingerprint density at radius 1 is 1.26 bits per heavy atom. The van der Waals surface area contributed by atoms with E-state index >= 15 is 0 Å². The van der Waals surface area contributed by atoms with Crippen LogP contribution in [0.15, 0.2) is 30.6 Å². The largest absolute Gasteiger partial charge is 0.497 e. The highest BCUT2D eigenvalue weighted by molar-refractivity contribution is 7.71. The smallest absolute Gasteiger partial charge is 0.183 e. The van der Waals surface area contributed by atoms with Gasteiger partial charge in [-0.1, -0.05) is 0 Å². The first-order chi connectivity index (χ1) is 11.1. The Balaban J connectivity index is 1.89. The highest BCUT2D eigenvalue weighted by atomic mass is 32.1. The van der Waals surface area contributed by atoms with E-state index in [0.717, 1.165) is 35.9 Å². The van der Waals surface area contributed by atoms with Gasteiger partial charge in [0, 0.05) is 32.3 Å². The summed E-state index contributed by atoms with van der Waals surface area (Å²) in [5, 5.41) is 0. The van der Waals surface area contributed by atoms with Crippen LogP contribution in [0.4, 0.5) is 0 Å². The van der Waals surface area contributed by atoms with Gasteiger partial charge in [0.15, 0.2) is 11.4 Å². The molecule has 124 valence electrons. The van der Waals surface area contributed by atoms with Crippen molar-refractivity contribution in [2.24, 2.45) is 7.05 Å². The molecule has 1 saturated heterocycles. The number of nitrogens with one attached hydrogen (secondary N) is 1. The third-order valence-corrected chi connectivity index (χ3v) is 5.21. The molecule has 0 amide bonds. The van der Waals surface area contributed by atoms with Gasteiger partial charge in [-0.2, -0.15) is 0 Å². The molecule has 3 rings (SSSR count). The molecule has 2 atom stereocenters. The Kier molecular flexibility index (Phi) is 4.73. The topological polar surface area (TPSA) is 32.8 Å². The summed E-state index contributed by atoms with van der Waals surface area (Å²) in [7, 11) is 5.42. The second-order valence-electron chi connectivity index (χ2n) is 6.03. The van der Waals surface area contributed by atoms with E-state index in [1.54, 1.807) is 14.2 Å². The molecule has 2 heterocycles. The number of imidazole rings is 1. The summed E-state index contributed by atoms with van der Waals surface area (Å²) in [6.07, 6.45) is 6.44. The van der Waals surface area contributed by atoms with Gasteiger partial charge in [-0.3, -0.25) is 4.57 Å². The van der Waals surface area contributed by atoms with Crippen LogP contribution in [0.25, 0.3) is 0 Å². The van der Waals surface area contributed by atoms with Crippen LogP contribution in [0.5, 0.6) is 11.5 Å². The van der Waals surface area contributed by atoms with Crippen molar-refractivity contribution in [3.05, 3.63) is 40.9 Å². The van der Waals surface area contributed by atoms with E-state index in [2.05, 4.69) is 16.8 Å². The van der Waals surface area contributed by atoms with Crippen LogP contribution in [0.2, 0.25) is 0 Å². The lowest BCUT2D eigenvalue weighted by Crippen LogP contribution is -3.09. The molecule has 1 aliphatic rings. The summed E-state index contributed by atoms with van der Waals surface area (Å²) < 4.78 is 16.0. The molecular weight excluding hydrogens is 310 g/mol. The zero-order valence-corrected chi connectivity index (χ0v) is 14.7. The Hall–Kier alpha value is -1.79. The van der Waals surface area contributed by atoms with E-state index in [1.807, 2.05) is 29.9 Å². The molecule has 1 N–H and O–H groups in total. The summed E-state index contributed by atoms with van der Waals surface area (Å²) >= 11 is 5.47. The van der Waals surface area contributed by atoms with Gasteiger partial charge in [0.2, 0.25) is 0 Å². The van der Waals surface area contributed by atoms with Crippen molar-refractivity contribution in [2.45, 2.75) is 25.6 Å². The lowest BCUT2D eigenvalue weighted by molar-refractivity contribution is -0.940. The zero-order valence-electron chi connectivity index (χ0n) is 13.9.